The van der Waals surface area contributed by atoms with Crippen LogP contribution in [0.25, 0.3) is 0 Å². The minimum absolute atomic E-state index is 0.312. The second-order valence-corrected chi connectivity index (χ2v) is 6.14. The number of carboxylic acid groups (broad SMARTS) is 1. The third-order valence-electron chi connectivity index (χ3n) is 2.22. The summed E-state index contributed by atoms with van der Waals surface area (Å²) < 4.78 is 37.9. The molecule has 0 saturated heterocycles. The summed E-state index contributed by atoms with van der Waals surface area (Å²) in [6, 6.07) is 3.73. The maximum absolute atomic E-state index is 12.3. The first-order valence-corrected chi connectivity index (χ1v) is 6.66. The van der Waals surface area contributed by atoms with Gasteiger partial charge in [0.1, 0.15) is 0 Å². The summed E-state index contributed by atoms with van der Waals surface area (Å²) in [7, 11) is 0. The van der Waals surface area contributed by atoms with E-state index in [2.05, 4.69) is 21.2 Å². The normalized spacial score (nSPS) is 13.6. The van der Waals surface area contributed by atoms with Crippen molar-refractivity contribution in [3.8, 4) is 0 Å². The first-order chi connectivity index (χ1) is 8.30. The Morgan fingerprint density at radius 3 is 2.61 bits per heavy atom. The van der Waals surface area contributed by atoms with Crippen molar-refractivity contribution in [1.29, 1.82) is 0 Å². The van der Waals surface area contributed by atoms with E-state index in [-0.39, 0.29) is 0 Å². The Balaban J connectivity index is 2.34. The van der Waals surface area contributed by atoms with Crippen LogP contribution in [0.2, 0.25) is 0 Å². The molecule has 1 rings (SSSR count). The fourth-order valence-corrected chi connectivity index (χ4v) is 2.77. The smallest absolute Gasteiger partial charge is 0.403 e. The van der Waals surface area contributed by atoms with Gasteiger partial charge in [-0.3, -0.25) is 4.79 Å². The van der Waals surface area contributed by atoms with E-state index in [1.807, 2.05) is 12.1 Å². The lowest BCUT2D eigenvalue weighted by molar-refractivity contribution is -0.192. The van der Waals surface area contributed by atoms with Gasteiger partial charge in [0, 0.05) is 11.4 Å². The average Bonchev–Trinajstić information content (AvgIpc) is 2.61. The molecule has 102 valence electrons. The minimum atomic E-state index is -4.72. The van der Waals surface area contributed by atoms with Gasteiger partial charge in [-0.2, -0.15) is 13.2 Å². The van der Waals surface area contributed by atoms with Crippen molar-refractivity contribution in [3.63, 3.8) is 0 Å². The lowest BCUT2D eigenvalue weighted by Gasteiger charge is -2.16. The van der Waals surface area contributed by atoms with Crippen molar-refractivity contribution in [2.75, 3.05) is 13.1 Å². The molecule has 18 heavy (non-hydrogen) atoms. The van der Waals surface area contributed by atoms with Gasteiger partial charge in [-0.25, -0.2) is 0 Å². The highest BCUT2D eigenvalue weighted by molar-refractivity contribution is 9.11. The first-order valence-electron chi connectivity index (χ1n) is 5.05. The van der Waals surface area contributed by atoms with Crippen molar-refractivity contribution in [3.05, 3.63) is 20.8 Å². The zero-order valence-corrected chi connectivity index (χ0v) is 11.5. The molecule has 0 amide bonds. The van der Waals surface area contributed by atoms with Crippen LogP contribution < -0.4 is 5.32 Å². The Morgan fingerprint density at radius 2 is 2.17 bits per heavy atom. The Morgan fingerprint density at radius 1 is 1.50 bits per heavy atom. The van der Waals surface area contributed by atoms with Crippen LogP contribution in [-0.2, 0) is 11.2 Å². The highest BCUT2D eigenvalue weighted by atomic mass is 79.9. The zero-order chi connectivity index (χ0) is 13.8. The SMILES string of the molecule is O=C(O)C(CNCCc1ccc(Br)s1)C(F)(F)F. The summed E-state index contributed by atoms with van der Waals surface area (Å²) in [6.45, 7) is -0.293. The molecule has 0 radical (unpaired) electrons. The summed E-state index contributed by atoms with van der Waals surface area (Å²) in [5, 5.41) is 11.0. The fraction of sp³-hybridized carbons (Fsp3) is 0.500. The van der Waals surface area contributed by atoms with Crippen LogP contribution in [0.15, 0.2) is 15.9 Å². The molecule has 1 unspecified atom stereocenters. The summed E-state index contributed by atoms with van der Waals surface area (Å²) in [4.78, 5) is 11.5. The van der Waals surface area contributed by atoms with Gasteiger partial charge in [0.15, 0.2) is 5.92 Å². The van der Waals surface area contributed by atoms with E-state index in [4.69, 9.17) is 5.11 Å². The van der Waals surface area contributed by atoms with Gasteiger partial charge < -0.3 is 10.4 Å². The molecule has 1 heterocycles. The van der Waals surface area contributed by atoms with E-state index in [1.165, 1.54) is 11.3 Å². The molecule has 8 heteroatoms. The highest BCUT2D eigenvalue weighted by Gasteiger charge is 2.44. The Hall–Kier alpha value is -0.600. The molecular weight excluding hydrogens is 335 g/mol. The number of aliphatic carboxylic acids is 1. The average molecular weight is 346 g/mol. The first kappa shape index (κ1) is 15.5. The molecule has 0 aliphatic heterocycles. The second kappa shape index (κ2) is 6.53. The van der Waals surface area contributed by atoms with E-state index in [0.717, 1.165) is 8.66 Å². The van der Waals surface area contributed by atoms with E-state index in [0.29, 0.717) is 13.0 Å². The number of halogens is 4. The van der Waals surface area contributed by atoms with Gasteiger partial charge in [0.2, 0.25) is 0 Å². The van der Waals surface area contributed by atoms with Crippen molar-refractivity contribution in [2.45, 2.75) is 12.6 Å². The lowest BCUT2D eigenvalue weighted by atomic mass is 10.1. The van der Waals surface area contributed by atoms with Crippen molar-refractivity contribution in [2.24, 2.45) is 5.92 Å². The maximum Gasteiger partial charge on any atom is 0.403 e. The van der Waals surface area contributed by atoms with Gasteiger partial charge in [0.05, 0.1) is 3.79 Å². The number of nitrogens with one attached hydrogen (secondary N) is 1. The molecule has 1 aromatic heterocycles. The third-order valence-corrected chi connectivity index (χ3v) is 3.90. The molecule has 0 aromatic carbocycles. The molecule has 2 N–H and O–H groups in total. The number of alkyl halides is 3. The maximum atomic E-state index is 12.3. The zero-order valence-electron chi connectivity index (χ0n) is 9.13. The molecule has 0 aliphatic carbocycles. The third kappa shape index (κ3) is 4.95. The van der Waals surface area contributed by atoms with E-state index in [9.17, 15) is 18.0 Å². The summed E-state index contributed by atoms with van der Waals surface area (Å²) >= 11 is 4.78. The van der Waals surface area contributed by atoms with E-state index >= 15 is 0 Å². The molecule has 0 spiro atoms. The molecule has 0 bridgehead atoms. The molecule has 1 atom stereocenters. The number of rotatable bonds is 6. The number of thiophene rings is 1. The predicted molar refractivity (Wildman–Crippen MR) is 65.8 cm³/mol. The Bertz CT molecular complexity index is 408. The molecule has 3 nitrogen and oxygen atoms in total. The molecule has 0 fully saturated rings. The van der Waals surface area contributed by atoms with Crippen LogP contribution in [0.1, 0.15) is 4.88 Å². The van der Waals surface area contributed by atoms with Crippen LogP contribution in [-0.4, -0.2) is 30.3 Å². The van der Waals surface area contributed by atoms with Crippen LogP contribution >= 0.6 is 27.3 Å². The van der Waals surface area contributed by atoms with E-state index in [1.54, 1.807) is 0 Å². The van der Waals surface area contributed by atoms with Crippen molar-refractivity contribution in [1.82, 2.24) is 5.32 Å². The standard InChI is InChI=1S/C10H11BrF3NO2S/c11-8-2-1-6(18-8)3-4-15-5-7(9(16)17)10(12,13)14/h1-2,7,15H,3-5H2,(H,16,17). The fourth-order valence-electron chi connectivity index (χ4n) is 1.29. The van der Waals surface area contributed by atoms with Gasteiger partial charge in [-0.05, 0) is 41.0 Å². The topological polar surface area (TPSA) is 49.3 Å². The number of hydrogen-bond donors (Lipinski definition) is 2. The van der Waals surface area contributed by atoms with Crippen LogP contribution in [0.3, 0.4) is 0 Å². The quantitative estimate of drug-likeness (QED) is 0.779. The largest absolute Gasteiger partial charge is 0.481 e. The van der Waals surface area contributed by atoms with Crippen LogP contribution in [0, 0.1) is 5.92 Å². The van der Waals surface area contributed by atoms with Gasteiger partial charge in [0.25, 0.3) is 0 Å². The van der Waals surface area contributed by atoms with Crippen molar-refractivity contribution < 1.29 is 23.1 Å². The minimum Gasteiger partial charge on any atom is -0.481 e. The monoisotopic (exact) mass is 345 g/mol. The molecular formula is C10H11BrF3NO2S. The molecule has 0 saturated carbocycles. The summed E-state index contributed by atoms with van der Waals surface area (Å²) in [6.07, 6.45) is -4.15. The second-order valence-electron chi connectivity index (χ2n) is 3.59. The summed E-state index contributed by atoms with van der Waals surface area (Å²) in [5.41, 5.74) is 0. The lowest BCUT2D eigenvalue weighted by Crippen LogP contribution is -2.39. The van der Waals surface area contributed by atoms with E-state index < -0.39 is 24.6 Å². The summed E-state index contributed by atoms with van der Waals surface area (Å²) in [5.74, 6) is -4.21. The van der Waals surface area contributed by atoms with Crippen LogP contribution in [0.4, 0.5) is 13.2 Å². The highest BCUT2D eigenvalue weighted by Crippen LogP contribution is 2.26. The predicted octanol–water partition coefficient (Wildman–Crippen LogP) is 2.91. The van der Waals surface area contributed by atoms with Gasteiger partial charge >= 0.3 is 12.1 Å². The molecule has 0 aliphatic rings. The molecule has 1 aromatic rings. The number of carboxylic acids is 1. The Kier molecular flexibility index (Phi) is 5.61. The van der Waals surface area contributed by atoms with Crippen molar-refractivity contribution >= 4 is 33.2 Å². The van der Waals surface area contributed by atoms with Gasteiger partial charge in [-0.1, -0.05) is 0 Å². The number of carbonyl (C=O) groups is 1. The van der Waals surface area contributed by atoms with Gasteiger partial charge in [-0.15, -0.1) is 11.3 Å². The Labute approximate surface area is 114 Å². The number of hydrogen-bond acceptors (Lipinski definition) is 3. The van der Waals surface area contributed by atoms with Crippen LogP contribution in [0.5, 0.6) is 0 Å².